The number of anilines is 2. The normalized spacial score (nSPS) is 9.68. The van der Waals surface area contributed by atoms with Crippen molar-refractivity contribution in [2.24, 2.45) is 0 Å². The Bertz CT molecular complexity index is 677. The van der Waals surface area contributed by atoms with Crippen LogP contribution in [0.5, 0.6) is 17.2 Å². The smallest absolute Gasteiger partial charge is 0.262 e. The molecule has 2 aromatic rings. The monoisotopic (exact) mass is 366 g/mol. The van der Waals surface area contributed by atoms with Crippen molar-refractivity contribution in [1.29, 1.82) is 0 Å². The number of nitrogens with one attached hydrogen (secondary N) is 1. The highest BCUT2D eigenvalue weighted by atomic mass is 35.5. The van der Waals surface area contributed by atoms with Crippen LogP contribution in [-0.2, 0) is 4.79 Å². The number of ether oxygens (including phenoxy) is 3. The lowest BCUT2D eigenvalue weighted by Crippen LogP contribution is -2.20. The van der Waals surface area contributed by atoms with Crippen LogP contribution >= 0.6 is 12.4 Å². The molecular weight excluding hydrogens is 344 g/mol. The van der Waals surface area contributed by atoms with Crippen LogP contribution < -0.4 is 25.3 Å². The molecule has 0 aliphatic carbocycles. The molecule has 0 heterocycles. The first-order valence-corrected chi connectivity index (χ1v) is 7.71. The minimum atomic E-state index is -0.272. The van der Waals surface area contributed by atoms with Gasteiger partial charge in [-0.2, -0.15) is 0 Å². The van der Waals surface area contributed by atoms with E-state index in [1.54, 1.807) is 30.3 Å². The summed E-state index contributed by atoms with van der Waals surface area (Å²) in [4.78, 5) is 11.9. The molecule has 7 heteroatoms. The minimum absolute atomic E-state index is 0. The van der Waals surface area contributed by atoms with Crippen LogP contribution in [0.3, 0.4) is 0 Å². The molecular formula is C18H23ClN2O4. The number of rotatable bonds is 8. The van der Waals surface area contributed by atoms with E-state index in [1.807, 2.05) is 19.1 Å². The topological polar surface area (TPSA) is 82.8 Å². The molecule has 0 saturated heterocycles. The number of hydrogen-bond donors (Lipinski definition) is 2. The second kappa shape index (κ2) is 10.3. The molecule has 2 rings (SSSR count). The Labute approximate surface area is 153 Å². The summed E-state index contributed by atoms with van der Waals surface area (Å²) in [6.07, 6.45) is 0.953. The van der Waals surface area contributed by atoms with E-state index in [4.69, 9.17) is 19.9 Å². The van der Waals surface area contributed by atoms with E-state index in [2.05, 4.69) is 5.32 Å². The van der Waals surface area contributed by atoms with Crippen LogP contribution in [-0.4, -0.2) is 26.2 Å². The quantitative estimate of drug-likeness (QED) is 0.698. The van der Waals surface area contributed by atoms with Gasteiger partial charge in [-0.1, -0.05) is 6.92 Å². The molecule has 0 bridgehead atoms. The predicted octanol–water partition coefficient (Wildman–Crippen LogP) is 3.51. The van der Waals surface area contributed by atoms with Crippen LogP contribution in [0.4, 0.5) is 11.4 Å². The summed E-state index contributed by atoms with van der Waals surface area (Å²) in [5.74, 6) is 1.67. The van der Waals surface area contributed by atoms with Gasteiger partial charge >= 0.3 is 0 Å². The van der Waals surface area contributed by atoms with Crippen molar-refractivity contribution in [3.63, 3.8) is 0 Å². The van der Waals surface area contributed by atoms with Crippen molar-refractivity contribution in [1.82, 2.24) is 0 Å². The number of nitrogen functional groups attached to an aromatic ring is 1. The fraction of sp³-hybridized carbons (Fsp3) is 0.278. The van der Waals surface area contributed by atoms with Gasteiger partial charge < -0.3 is 25.3 Å². The molecule has 6 nitrogen and oxygen atoms in total. The summed E-state index contributed by atoms with van der Waals surface area (Å²) in [5, 5.41) is 2.72. The van der Waals surface area contributed by atoms with Gasteiger partial charge in [0.05, 0.1) is 19.4 Å². The standard InChI is InChI=1S/C18H22N2O4.ClH/c1-3-10-23-14-5-7-15(8-6-14)24-12-18(21)20-13-4-9-17(22-2)16(19)11-13;/h4-9,11H,3,10,12,19H2,1-2H3,(H,20,21);1H. The molecule has 0 spiro atoms. The highest BCUT2D eigenvalue weighted by Gasteiger charge is 2.06. The Morgan fingerprint density at radius 1 is 1.08 bits per heavy atom. The van der Waals surface area contributed by atoms with E-state index in [0.29, 0.717) is 29.5 Å². The van der Waals surface area contributed by atoms with Crippen molar-refractivity contribution in [2.75, 3.05) is 31.4 Å². The van der Waals surface area contributed by atoms with Crippen LogP contribution in [0.15, 0.2) is 42.5 Å². The molecule has 0 radical (unpaired) electrons. The fourth-order valence-electron chi connectivity index (χ4n) is 2.01. The van der Waals surface area contributed by atoms with E-state index in [9.17, 15) is 4.79 Å². The van der Waals surface area contributed by atoms with Gasteiger partial charge in [0.15, 0.2) is 6.61 Å². The summed E-state index contributed by atoms with van der Waals surface area (Å²) in [6.45, 7) is 2.63. The summed E-state index contributed by atoms with van der Waals surface area (Å²) in [5.41, 5.74) is 6.85. The molecule has 0 aliphatic heterocycles. The molecule has 0 aromatic heterocycles. The third-order valence-corrected chi connectivity index (χ3v) is 3.18. The molecule has 0 aliphatic rings. The fourth-order valence-corrected chi connectivity index (χ4v) is 2.01. The zero-order valence-corrected chi connectivity index (χ0v) is 15.1. The Morgan fingerprint density at radius 2 is 1.72 bits per heavy atom. The Morgan fingerprint density at radius 3 is 2.28 bits per heavy atom. The zero-order chi connectivity index (χ0) is 17.4. The Balaban J connectivity index is 0.00000312. The maximum absolute atomic E-state index is 11.9. The maximum Gasteiger partial charge on any atom is 0.262 e. The SMILES string of the molecule is CCCOc1ccc(OCC(=O)Nc2ccc(OC)c(N)c2)cc1.Cl. The largest absolute Gasteiger partial charge is 0.495 e. The van der Waals surface area contributed by atoms with Crippen molar-refractivity contribution >= 4 is 29.7 Å². The van der Waals surface area contributed by atoms with Crippen LogP contribution in [0.2, 0.25) is 0 Å². The van der Waals surface area contributed by atoms with Crippen LogP contribution in [0.25, 0.3) is 0 Å². The number of methoxy groups -OCH3 is 1. The third-order valence-electron chi connectivity index (χ3n) is 3.18. The van der Waals surface area contributed by atoms with Gasteiger partial charge in [-0.3, -0.25) is 4.79 Å². The van der Waals surface area contributed by atoms with Crippen molar-refractivity contribution < 1.29 is 19.0 Å². The van der Waals surface area contributed by atoms with Crippen LogP contribution in [0.1, 0.15) is 13.3 Å². The second-order valence-electron chi connectivity index (χ2n) is 5.11. The van der Waals surface area contributed by atoms with Gasteiger partial charge in [-0.05, 0) is 48.9 Å². The molecule has 0 saturated carbocycles. The lowest BCUT2D eigenvalue weighted by atomic mass is 10.2. The molecule has 25 heavy (non-hydrogen) atoms. The van der Waals surface area contributed by atoms with Gasteiger partial charge in [0.2, 0.25) is 0 Å². The highest BCUT2D eigenvalue weighted by molar-refractivity contribution is 5.92. The highest BCUT2D eigenvalue weighted by Crippen LogP contribution is 2.24. The van der Waals surface area contributed by atoms with Gasteiger partial charge in [0.25, 0.3) is 5.91 Å². The predicted molar refractivity (Wildman–Crippen MR) is 101 cm³/mol. The van der Waals surface area contributed by atoms with E-state index >= 15 is 0 Å². The van der Waals surface area contributed by atoms with E-state index < -0.39 is 0 Å². The van der Waals surface area contributed by atoms with Crippen molar-refractivity contribution in [2.45, 2.75) is 13.3 Å². The van der Waals surface area contributed by atoms with E-state index in [0.717, 1.165) is 12.2 Å². The van der Waals surface area contributed by atoms with E-state index in [1.165, 1.54) is 7.11 Å². The van der Waals surface area contributed by atoms with Gasteiger partial charge in [0.1, 0.15) is 17.2 Å². The minimum Gasteiger partial charge on any atom is -0.495 e. The maximum atomic E-state index is 11.9. The Hall–Kier alpha value is -2.60. The van der Waals surface area contributed by atoms with Gasteiger partial charge in [0, 0.05) is 5.69 Å². The van der Waals surface area contributed by atoms with E-state index in [-0.39, 0.29) is 24.9 Å². The van der Waals surface area contributed by atoms with Crippen LogP contribution in [0, 0.1) is 0 Å². The number of benzene rings is 2. The third kappa shape index (κ3) is 6.43. The first kappa shape index (κ1) is 20.4. The molecule has 0 fully saturated rings. The number of hydrogen-bond acceptors (Lipinski definition) is 5. The molecule has 1 amide bonds. The summed E-state index contributed by atoms with van der Waals surface area (Å²) < 4.78 is 16.0. The zero-order valence-electron chi connectivity index (χ0n) is 14.3. The molecule has 2 aromatic carbocycles. The molecule has 0 atom stereocenters. The first-order valence-electron chi connectivity index (χ1n) is 7.71. The summed E-state index contributed by atoms with van der Waals surface area (Å²) in [7, 11) is 1.54. The number of carbonyl (C=O) groups is 1. The number of amides is 1. The lowest BCUT2D eigenvalue weighted by molar-refractivity contribution is -0.118. The average molecular weight is 367 g/mol. The van der Waals surface area contributed by atoms with Crippen molar-refractivity contribution in [3.8, 4) is 17.2 Å². The number of halogens is 1. The molecule has 3 N–H and O–H groups in total. The first-order chi connectivity index (χ1) is 11.6. The van der Waals surface area contributed by atoms with Crippen molar-refractivity contribution in [3.05, 3.63) is 42.5 Å². The Kier molecular flexibility index (Phi) is 8.43. The summed E-state index contributed by atoms with van der Waals surface area (Å²) >= 11 is 0. The second-order valence-corrected chi connectivity index (χ2v) is 5.11. The molecule has 136 valence electrons. The average Bonchev–Trinajstić information content (AvgIpc) is 2.59. The number of carbonyl (C=O) groups excluding carboxylic acids is 1. The van der Waals surface area contributed by atoms with Gasteiger partial charge in [-0.15, -0.1) is 12.4 Å². The number of nitrogens with two attached hydrogens (primary N) is 1. The van der Waals surface area contributed by atoms with Gasteiger partial charge in [-0.25, -0.2) is 0 Å². The molecule has 0 unspecified atom stereocenters. The lowest BCUT2D eigenvalue weighted by Gasteiger charge is -2.10. The summed E-state index contributed by atoms with van der Waals surface area (Å²) in [6, 6.07) is 12.2.